The van der Waals surface area contributed by atoms with Gasteiger partial charge in [0, 0.05) is 6.42 Å². The van der Waals surface area contributed by atoms with E-state index in [2.05, 4.69) is 5.32 Å². The molecule has 28 heavy (non-hydrogen) atoms. The Kier molecular flexibility index (Phi) is 7.45. The number of hydrogen-bond acceptors (Lipinski definition) is 4. The van der Waals surface area contributed by atoms with Crippen molar-refractivity contribution in [3.8, 4) is 0 Å². The Morgan fingerprint density at radius 1 is 0.929 bits per heavy atom. The van der Waals surface area contributed by atoms with Crippen LogP contribution in [0, 0.1) is 0 Å². The zero-order valence-corrected chi connectivity index (χ0v) is 15.2. The molecule has 6 nitrogen and oxygen atoms in total. The highest BCUT2D eigenvalue weighted by atomic mass is 32.2. The Morgan fingerprint density at radius 2 is 1.43 bits per heavy atom. The molecule has 1 rings (SSSR count). The van der Waals surface area contributed by atoms with E-state index in [0.717, 1.165) is 0 Å². The summed E-state index contributed by atoms with van der Waals surface area (Å²) in [5.74, 6) is -1.89. The number of carbonyl (C=O) groups is 2. The number of alkyl halides is 6. The lowest BCUT2D eigenvalue weighted by atomic mass is 10.1. The van der Waals surface area contributed by atoms with Crippen LogP contribution in [-0.2, 0) is 32.0 Å². The van der Waals surface area contributed by atoms with Gasteiger partial charge in [-0.05, 0) is 24.6 Å². The molecule has 0 aromatic heterocycles. The number of hydrogen-bond donors (Lipinski definition) is 2. The molecule has 0 unspecified atom stereocenters. The molecule has 0 atom stereocenters. The van der Waals surface area contributed by atoms with Crippen LogP contribution in [0.4, 0.5) is 26.3 Å². The van der Waals surface area contributed by atoms with Crippen LogP contribution in [0.1, 0.15) is 37.3 Å². The first-order valence-corrected chi connectivity index (χ1v) is 9.27. The number of nitrogens with one attached hydrogen (secondary N) is 2. The summed E-state index contributed by atoms with van der Waals surface area (Å²) >= 11 is 0. The van der Waals surface area contributed by atoms with E-state index >= 15 is 0 Å². The van der Waals surface area contributed by atoms with E-state index in [0.29, 0.717) is 12.8 Å². The van der Waals surface area contributed by atoms with Crippen LogP contribution >= 0.6 is 0 Å². The van der Waals surface area contributed by atoms with Crippen molar-refractivity contribution < 1.29 is 44.3 Å². The average molecular weight is 434 g/mol. The quantitative estimate of drug-likeness (QED) is 0.646. The minimum atomic E-state index is -5.25. The van der Waals surface area contributed by atoms with Crippen LogP contribution in [0.2, 0.25) is 0 Å². The smallest absolute Gasteiger partial charge is 0.347 e. The number of amides is 2. The van der Waals surface area contributed by atoms with Crippen LogP contribution < -0.4 is 10.0 Å². The maximum atomic E-state index is 12.8. The van der Waals surface area contributed by atoms with Crippen LogP contribution in [-0.4, -0.2) is 26.8 Å². The van der Waals surface area contributed by atoms with Crippen molar-refractivity contribution in [2.75, 3.05) is 6.54 Å². The summed E-state index contributed by atoms with van der Waals surface area (Å²) in [6, 6.07) is -0.288. The minimum absolute atomic E-state index is 0.0231. The molecule has 0 aliphatic rings. The summed E-state index contributed by atoms with van der Waals surface area (Å²) < 4.78 is 102. The number of halogens is 6. The highest BCUT2D eigenvalue weighted by Gasteiger charge is 2.38. The molecule has 0 spiro atoms. The van der Waals surface area contributed by atoms with Crippen LogP contribution in [0.3, 0.4) is 0 Å². The van der Waals surface area contributed by atoms with Gasteiger partial charge in [-0.2, -0.15) is 26.3 Å². The van der Waals surface area contributed by atoms with E-state index in [1.807, 2.05) is 0 Å². The second kappa shape index (κ2) is 8.80. The van der Waals surface area contributed by atoms with E-state index < -0.39 is 56.8 Å². The average Bonchev–Trinajstić information content (AvgIpc) is 2.55. The third-order valence-electron chi connectivity index (χ3n) is 3.32. The second-order valence-electron chi connectivity index (χ2n) is 5.65. The van der Waals surface area contributed by atoms with Gasteiger partial charge < -0.3 is 5.32 Å². The molecule has 1 aromatic carbocycles. The molecule has 1 aromatic rings. The first-order valence-electron chi connectivity index (χ1n) is 7.78. The van der Waals surface area contributed by atoms with E-state index in [1.165, 1.54) is 4.72 Å². The monoisotopic (exact) mass is 434 g/mol. The molecular formula is C15H16F6N2O4S. The van der Waals surface area contributed by atoms with Gasteiger partial charge in [0.05, 0.1) is 22.6 Å². The number of rotatable bonds is 7. The molecule has 0 radical (unpaired) electrons. The van der Waals surface area contributed by atoms with E-state index in [-0.39, 0.29) is 24.6 Å². The second-order valence-corrected chi connectivity index (χ2v) is 7.33. The topological polar surface area (TPSA) is 92.3 Å². The van der Waals surface area contributed by atoms with Crippen LogP contribution in [0.5, 0.6) is 0 Å². The van der Waals surface area contributed by atoms with Gasteiger partial charge in [0.2, 0.25) is 5.91 Å². The first-order chi connectivity index (χ1) is 12.7. The first kappa shape index (κ1) is 23.7. The van der Waals surface area contributed by atoms with E-state index in [9.17, 15) is 44.3 Å². The molecule has 0 saturated heterocycles. The SMILES string of the molecule is CCCCC(=O)NCC(=O)NS(=O)(=O)c1cc(C(F)(F)F)cc(C(F)(F)F)c1. The van der Waals surface area contributed by atoms with Crippen LogP contribution in [0.15, 0.2) is 23.1 Å². The number of benzene rings is 1. The fourth-order valence-corrected chi connectivity index (χ4v) is 2.98. The van der Waals surface area contributed by atoms with E-state index in [1.54, 1.807) is 6.92 Å². The van der Waals surface area contributed by atoms with Crippen LogP contribution in [0.25, 0.3) is 0 Å². The third kappa shape index (κ3) is 7.02. The minimum Gasteiger partial charge on any atom is -0.347 e. The molecule has 0 aliphatic carbocycles. The Labute approximate surface area is 156 Å². The Morgan fingerprint density at radius 3 is 1.86 bits per heavy atom. The number of sulfonamides is 1. The van der Waals surface area contributed by atoms with Crippen molar-refractivity contribution in [3.05, 3.63) is 29.3 Å². The van der Waals surface area contributed by atoms with Gasteiger partial charge in [0.15, 0.2) is 0 Å². The molecule has 2 N–H and O–H groups in total. The van der Waals surface area contributed by atoms with Gasteiger partial charge >= 0.3 is 12.4 Å². The lowest BCUT2D eigenvalue weighted by Gasteiger charge is -2.15. The van der Waals surface area contributed by atoms with Gasteiger partial charge in [-0.1, -0.05) is 13.3 Å². The predicted octanol–water partition coefficient (Wildman–Crippen LogP) is 2.84. The van der Waals surface area contributed by atoms with Crippen molar-refractivity contribution in [3.63, 3.8) is 0 Å². The lowest BCUT2D eigenvalue weighted by molar-refractivity contribution is -0.143. The van der Waals surface area contributed by atoms with Crippen molar-refractivity contribution in [1.29, 1.82) is 0 Å². The molecule has 0 bridgehead atoms. The Hall–Kier alpha value is -2.31. The van der Waals surface area contributed by atoms with Gasteiger partial charge in [-0.15, -0.1) is 0 Å². The molecule has 0 fully saturated rings. The Balaban J connectivity index is 3.07. The summed E-state index contributed by atoms with van der Waals surface area (Å²) in [5.41, 5.74) is -3.69. The third-order valence-corrected chi connectivity index (χ3v) is 4.68. The molecule has 0 saturated carbocycles. The highest BCUT2D eigenvalue weighted by Crippen LogP contribution is 2.37. The van der Waals surface area contributed by atoms with Gasteiger partial charge in [0.1, 0.15) is 0 Å². The number of unbranched alkanes of at least 4 members (excludes halogenated alkanes) is 1. The highest BCUT2D eigenvalue weighted by molar-refractivity contribution is 7.90. The maximum absolute atomic E-state index is 12.8. The fourth-order valence-electron chi connectivity index (χ4n) is 1.93. The molecule has 2 amide bonds. The normalized spacial score (nSPS) is 12.5. The van der Waals surface area contributed by atoms with Gasteiger partial charge in [0.25, 0.3) is 15.9 Å². The fraction of sp³-hybridized carbons (Fsp3) is 0.467. The Bertz CT molecular complexity index is 802. The van der Waals surface area contributed by atoms with Crippen molar-refractivity contribution in [1.82, 2.24) is 10.0 Å². The summed E-state index contributed by atoms with van der Waals surface area (Å²) in [5, 5.41) is 2.09. The summed E-state index contributed by atoms with van der Waals surface area (Å²) in [4.78, 5) is 21.6. The summed E-state index contributed by atoms with van der Waals surface area (Å²) in [6.07, 6.45) is -9.23. The molecule has 158 valence electrons. The molecule has 0 aliphatic heterocycles. The maximum Gasteiger partial charge on any atom is 0.416 e. The number of carbonyl (C=O) groups excluding carboxylic acids is 2. The van der Waals surface area contributed by atoms with E-state index in [4.69, 9.17) is 0 Å². The van der Waals surface area contributed by atoms with Gasteiger partial charge in [-0.3, -0.25) is 9.59 Å². The molecule has 0 heterocycles. The van der Waals surface area contributed by atoms with Gasteiger partial charge in [-0.25, -0.2) is 13.1 Å². The largest absolute Gasteiger partial charge is 0.416 e. The van der Waals surface area contributed by atoms with Crippen molar-refractivity contribution in [2.45, 2.75) is 43.4 Å². The molecular weight excluding hydrogens is 418 g/mol. The lowest BCUT2D eigenvalue weighted by Crippen LogP contribution is -2.39. The molecule has 13 heteroatoms. The van der Waals surface area contributed by atoms with Crippen molar-refractivity contribution >= 4 is 21.8 Å². The zero-order chi connectivity index (χ0) is 21.8. The predicted molar refractivity (Wildman–Crippen MR) is 84.3 cm³/mol. The standard InChI is InChI=1S/C15H16F6N2O4S/c1-2-3-4-12(24)22-8-13(25)23-28(26,27)11-6-9(14(16,17)18)5-10(7-11)15(19,20)21/h5-7H,2-4,8H2,1H3,(H,22,24)(H,23,25). The summed E-state index contributed by atoms with van der Waals surface area (Å²) in [6.45, 7) is 0.990. The van der Waals surface area contributed by atoms with Crippen molar-refractivity contribution in [2.24, 2.45) is 0 Å². The summed E-state index contributed by atoms with van der Waals surface area (Å²) in [7, 11) is -5.04. The zero-order valence-electron chi connectivity index (χ0n) is 14.4.